The highest BCUT2D eigenvalue weighted by Gasteiger charge is 2.24. The van der Waals surface area contributed by atoms with Gasteiger partial charge in [0.15, 0.2) is 0 Å². The Balaban J connectivity index is 1.89. The summed E-state index contributed by atoms with van der Waals surface area (Å²) < 4.78 is 5.32. The highest BCUT2D eigenvalue weighted by atomic mass is 16.6. The molecule has 1 amide bonds. The predicted molar refractivity (Wildman–Crippen MR) is 72.6 cm³/mol. The number of aliphatic hydroxyl groups is 1. The molecule has 0 aromatic heterocycles. The molecule has 0 spiro atoms. The largest absolute Gasteiger partial charge is 0.445 e. The Morgan fingerprint density at radius 1 is 1.32 bits per heavy atom. The van der Waals surface area contributed by atoms with E-state index < -0.39 is 0 Å². The van der Waals surface area contributed by atoms with Gasteiger partial charge in [0.2, 0.25) is 0 Å². The van der Waals surface area contributed by atoms with Crippen LogP contribution in [0.4, 0.5) is 4.79 Å². The van der Waals surface area contributed by atoms with Gasteiger partial charge >= 0.3 is 6.09 Å². The molecule has 0 bridgehead atoms. The normalized spacial score (nSPS) is 18.4. The molecule has 19 heavy (non-hydrogen) atoms. The molecule has 0 aliphatic carbocycles. The standard InChI is InChI=1S/C15H19NO3/c17-11-9-14-8-4-5-10-16(14)15(18)19-12-13-6-2-1-3-7-13/h1-7,14,17H,8-12H2/t14-/m0/s1. The van der Waals surface area contributed by atoms with E-state index in [0.717, 1.165) is 12.0 Å². The lowest BCUT2D eigenvalue weighted by Crippen LogP contribution is -2.42. The first-order valence-corrected chi connectivity index (χ1v) is 6.54. The minimum absolute atomic E-state index is 0.0401. The molecule has 4 heteroatoms. The zero-order valence-electron chi connectivity index (χ0n) is 10.9. The fourth-order valence-electron chi connectivity index (χ4n) is 2.17. The van der Waals surface area contributed by atoms with E-state index in [4.69, 9.17) is 9.84 Å². The number of carbonyl (C=O) groups excluding carboxylic acids is 1. The van der Waals surface area contributed by atoms with Crippen LogP contribution in [0.5, 0.6) is 0 Å². The maximum Gasteiger partial charge on any atom is 0.410 e. The van der Waals surface area contributed by atoms with E-state index in [9.17, 15) is 4.79 Å². The van der Waals surface area contributed by atoms with Gasteiger partial charge in [0.05, 0.1) is 0 Å². The second-order valence-corrected chi connectivity index (χ2v) is 4.57. The van der Waals surface area contributed by atoms with Gasteiger partial charge in [-0.15, -0.1) is 0 Å². The summed E-state index contributed by atoms with van der Waals surface area (Å²) in [6.07, 6.45) is 5.05. The van der Waals surface area contributed by atoms with Crippen molar-refractivity contribution in [2.45, 2.75) is 25.5 Å². The van der Waals surface area contributed by atoms with E-state index in [1.807, 2.05) is 42.5 Å². The molecule has 1 aromatic carbocycles. The van der Waals surface area contributed by atoms with Crippen molar-refractivity contribution in [1.82, 2.24) is 4.90 Å². The second-order valence-electron chi connectivity index (χ2n) is 4.57. The predicted octanol–water partition coefficient (Wildman–Crippen LogP) is 2.34. The maximum atomic E-state index is 12.0. The van der Waals surface area contributed by atoms with E-state index in [1.165, 1.54) is 0 Å². The molecular weight excluding hydrogens is 242 g/mol. The number of hydrogen-bond acceptors (Lipinski definition) is 3. The van der Waals surface area contributed by atoms with Gasteiger partial charge in [-0.2, -0.15) is 0 Å². The third kappa shape index (κ3) is 3.83. The van der Waals surface area contributed by atoms with Crippen molar-refractivity contribution in [1.29, 1.82) is 0 Å². The average molecular weight is 261 g/mol. The Hall–Kier alpha value is -1.81. The van der Waals surface area contributed by atoms with Crippen molar-refractivity contribution in [3.05, 3.63) is 48.0 Å². The van der Waals surface area contributed by atoms with Crippen molar-refractivity contribution in [3.63, 3.8) is 0 Å². The molecule has 4 nitrogen and oxygen atoms in total. The van der Waals surface area contributed by atoms with Crippen LogP contribution in [0.1, 0.15) is 18.4 Å². The van der Waals surface area contributed by atoms with Gasteiger partial charge < -0.3 is 14.7 Å². The first-order valence-electron chi connectivity index (χ1n) is 6.54. The lowest BCUT2D eigenvalue weighted by molar-refractivity contribution is 0.0775. The maximum absolute atomic E-state index is 12.0. The van der Waals surface area contributed by atoms with E-state index in [-0.39, 0.29) is 25.3 Å². The molecule has 1 aromatic rings. The van der Waals surface area contributed by atoms with Crippen LogP contribution in [0.2, 0.25) is 0 Å². The Bertz CT molecular complexity index is 430. The molecule has 1 N–H and O–H groups in total. The molecule has 0 saturated heterocycles. The number of rotatable bonds is 4. The van der Waals surface area contributed by atoms with Crippen LogP contribution in [-0.2, 0) is 11.3 Å². The number of carbonyl (C=O) groups is 1. The summed E-state index contributed by atoms with van der Waals surface area (Å²) >= 11 is 0. The summed E-state index contributed by atoms with van der Waals surface area (Å²) in [6.45, 7) is 0.922. The van der Waals surface area contributed by atoms with Gasteiger partial charge in [0, 0.05) is 19.2 Å². The fraction of sp³-hybridized carbons (Fsp3) is 0.400. The number of aliphatic hydroxyl groups excluding tert-OH is 1. The number of hydrogen-bond donors (Lipinski definition) is 1. The first kappa shape index (κ1) is 13.6. The van der Waals surface area contributed by atoms with Crippen molar-refractivity contribution in [3.8, 4) is 0 Å². The van der Waals surface area contributed by atoms with Gasteiger partial charge in [-0.3, -0.25) is 0 Å². The Labute approximate surface area is 113 Å². The summed E-state index contributed by atoms with van der Waals surface area (Å²) in [5.41, 5.74) is 0.974. The van der Waals surface area contributed by atoms with Crippen molar-refractivity contribution >= 4 is 6.09 Å². The SMILES string of the molecule is O=C(OCc1ccccc1)N1CC=CC[C@H]1CCO. The van der Waals surface area contributed by atoms with Crippen molar-refractivity contribution in [2.24, 2.45) is 0 Å². The van der Waals surface area contributed by atoms with Gasteiger partial charge in [0.1, 0.15) is 6.61 Å². The molecule has 1 aliphatic heterocycles. The highest BCUT2D eigenvalue weighted by molar-refractivity contribution is 5.68. The third-order valence-corrected chi connectivity index (χ3v) is 3.22. The van der Waals surface area contributed by atoms with Crippen LogP contribution in [0, 0.1) is 0 Å². The monoisotopic (exact) mass is 261 g/mol. The number of ether oxygens (including phenoxy) is 1. The molecule has 0 fully saturated rings. The van der Waals surface area contributed by atoms with Crippen LogP contribution < -0.4 is 0 Å². The Morgan fingerprint density at radius 3 is 2.84 bits per heavy atom. The molecular formula is C15H19NO3. The molecule has 102 valence electrons. The Morgan fingerprint density at radius 2 is 2.11 bits per heavy atom. The lowest BCUT2D eigenvalue weighted by atomic mass is 10.1. The summed E-state index contributed by atoms with van der Waals surface area (Å²) in [5, 5.41) is 9.02. The Kier molecular flexibility index (Phi) is 4.98. The van der Waals surface area contributed by atoms with E-state index in [2.05, 4.69) is 0 Å². The van der Waals surface area contributed by atoms with Crippen LogP contribution in [0.3, 0.4) is 0 Å². The zero-order valence-corrected chi connectivity index (χ0v) is 10.9. The molecule has 0 unspecified atom stereocenters. The van der Waals surface area contributed by atoms with Gasteiger partial charge in [-0.25, -0.2) is 4.79 Å². The number of nitrogens with zero attached hydrogens (tertiary/aromatic N) is 1. The van der Waals surface area contributed by atoms with Gasteiger partial charge in [-0.05, 0) is 18.4 Å². The van der Waals surface area contributed by atoms with Crippen molar-refractivity contribution < 1.29 is 14.6 Å². The van der Waals surface area contributed by atoms with E-state index >= 15 is 0 Å². The molecule has 1 heterocycles. The quantitative estimate of drug-likeness (QED) is 0.846. The smallest absolute Gasteiger partial charge is 0.410 e. The van der Waals surface area contributed by atoms with Crippen molar-refractivity contribution in [2.75, 3.05) is 13.2 Å². The first-order chi connectivity index (χ1) is 9.31. The lowest BCUT2D eigenvalue weighted by Gasteiger charge is -2.31. The molecule has 0 saturated carbocycles. The summed E-state index contributed by atoms with van der Waals surface area (Å²) in [5.74, 6) is 0. The zero-order chi connectivity index (χ0) is 13.5. The van der Waals surface area contributed by atoms with Crippen LogP contribution in [0.25, 0.3) is 0 Å². The van der Waals surface area contributed by atoms with E-state index in [1.54, 1.807) is 4.90 Å². The highest BCUT2D eigenvalue weighted by Crippen LogP contribution is 2.16. The molecule has 1 atom stereocenters. The second kappa shape index (κ2) is 6.95. The average Bonchev–Trinajstić information content (AvgIpc) is 2.47. The van der Waals surface area contributed by atoms with Crippen LogP contribution in [0.15, 0.2) is 42.5 Å². The van der Waals surface area contributed by atoms with Gasteiger partial charge in [0.25, 0.3) is 0 Å². The van der Waals surface area contributed by atoms with Crippen LogP contribution in [-0.4, -0.2) is 35.3 Å². The molecule has 0 radical (unpaired) electrons. The minimum atomic E-state index is -0.313. The van der Waals surface area contributed by atoms with E-state index in [0.29, 0.717) is 13.0 Å². The van der Waals surface area contributed by atoms with Crippen LogP contribution >= 0.6 is 0 Å². The minimum Gasteiger partial charge on any atom is -0.445 e. The fourth-order valence-corrected chi connectivity index (χ4v) is 2.17. The number of benzene rings is 1. The summed E-state index contributed by atoms with van der Waals surface area (Å²) in [4.78, 5) is 13.7. The molecule has 2 rings (SSSR count). The number of amides is 1. The van der Waals surface area contributed by atoms with Gasteiger partial charge in [-0.1, -0.05) is 42.5 Å². The summed E-state index contributed by atoms with van der Waals surface area (Å²) in [6, 6.07) is 9.66. The molecule has 1 aliphatic rings. The summed E-state index contributed by atoms with van der Waals surface area (Å²) in [7, 11) is 0. The topological polar surface area (TPSA) is 49.8 Å². The third-order valence-electron chi connectivity index (χ3n) is 3.22.